The van der Waals surface area contributed by atoms with E-state index in [1.807, 2.05) is 12.1 Å². The van der Waals surface area contributed by atoms with Crippen molar-refractivity contribution >= 4 is 0 Å². The summed E-state index contributed by atoms with van der Waals surface area (Å²) in [5.41, 5.74) is 1.67. The lowest BCUT2D eigenvalue weighted by Gasteiger charge is -2.24. The molecule has 1 aliphatic heterocycles. The first-order valence-electron chi connectivity index (χ1n) is 7.28. The molecule has 1 aromatic rings. The lowest BCUT2D eigenvalue weighted by molar-refractivity contribution is 0.323. The number of alkyl halides is 1. The summed E-state index contributed by atoms with van der Waals surface area (Å²) in [6, 6.07) is 4.34. The summed E-state index contributed by atoms with van der Waals surface area (Å²) in [6.45, 7) is 2.60. The molecule has 112 valence electrons. The number of piperidine rings is 1. The molecule has 0 aliphatic carbocycles. The lowest BCUT2D eigenvalue weighted by atomic mass is 9.95. The van der Waals surface area contributed by atoms with Crippen LogP contribution in [0.1, 0.15) is 43.5 Å². The number of hydrogen-bond acceptors (Lipinski definition) is 3. The van der Waals surface area contributed by atoms with Gasteiger partial charge in [0.25, 0.3) is 0 Å². The maximum absolute atomic E-state index is 13.8. The molecule has 1 aliphatic rings. The highest BCUT2D eigenvalue weighted by Gasteiger charge is 2.19. The van der Waals surface area contributed by atoms with Crippen LogP contribution < -0.4 is 14.8 Å². The topological polar surface area (TPSA) is 30.5 Å². The van der Waals surface area contributed by atoms with Crippen LogP contribution in [0.25, 0.3) is 0 Å². The third kappa shape index (κ3) is 3.42. The van der Waals surface area contributed by atoms with E-state index in [1.165, 1.54) is 26.2 Å². The first-order valence-corrected chi connectivity index (χ1v) is 7.28. The van der Waals surface area contributed by atoms with Crippen LogP contribution in [0.3, 0.4) is 0 Å². The molecule has 1 saturated heterocycles. The van der Waals surface area contributed by atoms with Crippen LogP contribution in [0.5, 0.6) is 11.5 Å². The first kappa shape index (κ1) is 15.1. The van der Waals surface area contributed by atoms with Gasteiger partial charge in [0.2, 0.25) is 0 Å². The number of hydrogen-bond donors (Lipinski definition) is 1. The van der Waals surface area contributed by atoms with Crippen molar-refractivity contribution in [2.45, 2.75) is 44.8 Å². The van der Waals surface area contributed by atoms with Crippen molar-refractivity contribution < 1.29 is 13.9 Å². The van der Waals surface area contributed by atoms with Gasteiger partial charge in [0.05, 0.1) is 14.2 Å². The summed E-state index contributed by atoms with van der Waals surface area (Å²) in [4.78, 5) is 0. The number of benzene rings is 1. The van der Waals surface area contributed by atoms with Crippen LogP contribution in [-0.4, -0.2) is 26.8 Å². The predicted octanol–water partition coefficient (Wildman–Crippen LogP) is 3.42. The highest BCUT2D eigenvalue weighted by Crippen LogP contribution is 2.37. The molecule has 3 nitrogen and oxygen atoms in total. The average Bonchev–Trinajstić information content (AvgIpc) is 2.47. The summed E-state index contributed by atoms with van der Waals surface area (Å²) in [5, 5.41) is 3.52. The van der Waals surface area contributed by atoms with Crippen LogP contribution in [0.2, 0.25) is 0 Å². The zero-order chi connectivity index (χ0) is 14.5. The van der Waals surface area contributed by atoms with Gasteiger partial charge in [0.1, 0.15) is 6.17 Å². The Morgan fingerprint density at radius 1 is 1.30 bits per heavy atom. The Morgan fingerprint density at radius 3 is 2.65 bits per heavy atom. The number of nitrogens with one attached hydrogen (secondary N) is 1. The van der Waals surface area contributed by atoms with Gasteiger partial charge in [0, 0.05) is 11.6 Å². The van der Waals surface area contributed by atoms with Crippen molar-refractivity contribution in [1.29, 1.82) is 0 Å². The monoisotopic (exact) mass is 281 g/mol. The Morgan fingerprint density at radius 2 is 2.10 bits per heavy atom. The average molecular weight is 281 g/mol. The molecule has 0 saturated carbocycles. The maximum atomic E-state index is 13.8. The minimum Gasteiger partial charge on any atom is -0.493 e. The van der Waals surface area contributed by atoms with E-state index in [0.717, 1.165) is 18.5 Å². The number of ether oxygens (including phenoxy) is 2. The molecule has 4 heteroatoms. The van der Waals surface area contributed by atoms with Gasteiger partial charge in [-0.3, -0.25) is 0 Å². The van der Waals surface area contributed by atoms with Crippen molar-refractivity contribution in [3.63, 3.8) is 0 Å². The highest BCUT2D eigenvalue weighted by molar-refractivity contribution is 5.50. The second-order valence-corrected chi connectivity index (χ2v) is 5.39. The van der Waals surface area contributed by atoms with Gasteiger partial charge in [-0.1, -0.05) is 6.42 Å². The molecule has 1 N–H and O–H groups in total. The Kier molecular flexibility index (Phi) is 5.24. The summed E-state index contributed by atoms with van der Waals surface area (Å²) < 4.78 is 24.4. The Hall–Kier alpha value is -1.29. The third-order valence-electron chi connectivity index (χ3n) is 3.89. The molecule has 2 rings (SSSR count). The van der Waals surface area contributed by atoms with E-state index in [0.29, 0.717) is 23.1 Å². The summed E-state index contributed by atoms with van der Waals surface area (Å²) in [5.74, 6) is 1.11. The van der Waals surface area contributed by atoms with Crippen molar-refractivity contribution in [2.24, 2.45) is 0 Å². The second kappa shape index (κ2) is 6.93. The fourth-order valence-electron chi connectivity index (χ4n) is 2.85. The predicted molar refractivity (Wildman–Crippen MR) is 78.4 cm³/mol. The van der Waals surface area contributed by atoms with Crippen LogP contribution in [0.4, 0.5) is 4.39 Å². The van der Waals surface area contributed by atoms with Crippen molar-refractivity contribution in [3.05, 3.63) is 23.3 Å². The molecular formula is C16H24FNO2. The van der Waals surface area contributed by atoms with Crippen LogP contribution in [0, 0.1) is 0 Å². The molecule has 1 aromatic carbocycles. The third-order valence-corrected chi connectivity index (χ3v) is 3.89. The zero-order valence-electron chi connectivity index (χ0n) is 12.5. The van der Waals surface area contributed by atoms with Gasteiger partial charge in [0.15, 0.2) is 11.5 Å². The maximum Gasteiger partial charge on any atom is 0.166 e. The standard InChI is InChI=1S/C16H24FNO2/c1-11(17)14-9-12(8-13-6-4-5-7-18-13)10-15(19-2)16(14)20-3/h9-11,13,18H,4-8H2,1-3H3. The molecular weight excluding hydrogens is 257 g/mol. The Balaban J connectivity index is 2.26. The summed E-state index contributed by atoms with van der Waals surface area (Å²) in [7, 11) is 3.14. The van der Waals surface area contributed by atoms with E-state index in [9.17, 15) is 4.39 Å². The molecule has 1 heterocycles. The molecule has 1 fully saturated rings. The Bertz CT molecular complexity index is 442. The minimum atomic E-state index is -1.07. The zero-order valence-corrected chi connectivity index (χ0v) is 12.5. The van der Waals surface area contributed by atoms with E-state index in [-0.39, 0.29) is 0 Å². The smallest absolute Gasteiger partial charge is 0.166 e. The quantitative estimate of drug-likeness (QED) is 0.897. The number of rotatable bonds is 5. The first-order chi connectivity index (χ1) is 9.65. The van der Waals surface area contributed by atoms with E-state index < -0.39 is 6.17 Å². The van der Waals surface area contributed by atoms with Crippen LogP contribution in [-0.2, 0) is 6.42 Å². The summed E-state index contributed by atoms with van der Waals surface area (Å²) >= 11 is 0. The molecule has 0 bridgehead atoms. The molecule has 0 aromatic heterocycles. The van der Waals surface area contributed by atoms with Crippen molar-refractivity contribution in [2.75, 3.05) is 20.8 Å². The Labute approximate surface area is 120 Å². The van der Waals surface area contributed by atoms with Gasteiger partial charge in [-0.25, -0.2) is 4.39 Å². The second-order valence-electron chi connectivity index (χ2n) is 5.39. The van der Waals surface area contributed by atoms with Gasteiger partial charge in [-0.05, 0) is 50.4 Å². The van der Waals surface area contributed by atoms with Gasteiger partial charge < -0.3 is 14.8 Å². The molecule has 20 heavy (non-hydrogen) atoms. The van der Waals surface area contributed by atoms with Crippen molar-refractivity contribution in [3.8, 4) is 11.5 Å². The van der Waals surface area contributed by atoms with Gasteiger partial charge in [-0.15, -0.1) is 0 Å². The van der Waals surface area contributed by atoms with E-state index >= 15 is 0 Å². The molecule has 2 unspecified atom stereocenters. The number of methoxy groups -OCH3 is 2. The highest BCUT2D eigenvalue weighted by atomic mass is 19.1. The molecule has 0 spiro atoms. The fourth-order valence-corrected chi connectivity index (χ4v) is 2.85. The fraction of sp³-hybridized carbons (Fsp3) is 0.625. The SMILES string of the molecule is COc1cc(CC2CCCCN2)cc(C(C)F)c1OC. The largest absolute Gasteiger partial charge is 0.493 e. The molecule has 0 amide bonds. The van der Waals surface area contributed by atoms with Gasteiger partial charge >= 0.3 is 0 Å². The van der Waals surface area contributed by atoms with Crippen LogP contribution >= 0.6 is 0 Å². The van der Waals surface area contributed by atoms with E-state index in [4.69, 9.17) is 9.47 Å². The minimum absolute atomic E-state index is 0.476. The summed E-state index contributed by atoms with van der Waals surface area (Å²) in [6.07, 6.45) is 3.51. The lowest BCUT2D eigenvalue weighted by Crippen LogP contribution is -2.35. The van der Waals surface area contributed by atoms with Crippen molar-refractivity contribution in [1.82, 2.24) is 5.32 Å². The van der Waals surface area contributed by atoms with Crippen LogP contribution in [0.15, 0.2) is 12.1 Å². The van der Waals surface area contributed by atoms with E-state index in [1.54, 1.807) is 14.2 Å². The molecule has 2 atom stereocenters. The normalized spacial score (nSPS) is 20.5. The molecule has 0 radical (unpaired) electrons. The van der Waals surface area contributed by atoms with E-state index in [2.05, 4.69) is 5.32 Å². The van der Waals surface area contributed by atoms with Gasteiger partial charge in [-0.2, -0.15) is 0 Å². The number of halogens is 1.